The molecular formula is C21H21ClN2O3S. The number of halogens is 1. The van der Waals surface area contributed by atoms with Crippen LogP contribution in [-0.4, -0.2) is 27.9 Å². The third-order valence-electron chi connectivity index (χ3n) is 4.19. The third kappa shape index (κ3) is 4.94. The van der Waals surface area contributed by atoms with E-state index in [9.17, 15) is 9.59 Å². The molecule has 0 amide bonds. The number of para-hydroxylation sites is 1. The molecule has 0 aliphatic carbocycles. The fourth-order valence-corrected chi connectivity index (χ4v) is 3.68. The molecule has 7 heteroatoms. The van der Waals surface area contributed by atoms with Gasteiger partial charge in [0.1, 0.15) is 0 Å². The van der Waals surface area contributed by atoms with E-state index in [0.29, 0.717) is 27.7 Å². The molecule has 0 spiro atoms. The van der Waals surface area contributed by atoms with Gasteiger partial charge in [0, 0.05) is 5.02 Å². The maximum Gasteiger partial charge on any atom is 0.316 e. The van der Waals surface area contributed by atoms with E-state index in [4.69, 9.17) is 16.3 Å². The van der Waals surface area contributed by atoms with Crippen molar-refractivity contribution < 1.29 is 9.53 Å². The van der Waals surface area contributed by atoms with Crippen LogP contribution in [0, 0.1) is 0 Å². The maximum atomic E-state index is 13.1. The van der Waals surface area contributed by atoms with Crippen molar-refractivity contribution in [3.8, 4) is 0 Å². The zero-order chi connectivity index (χ0) is 19.9. The minimum Gasteiger partial charge on any atom is -0.465 e. The van der Waals surface area contributed by atoms with Crippen LogP contribution < -0.4 is 5.56 Å². The smallest absolute Gasteiger partial charge is 0.316 e. The Hall–Kier alpha value is -2.31. The Morgan fingerprint density at radius 3 is 2.71 bits per heavy atom. The summed E-state index contributed by atoms with van der Waals surface area (Å²) in [7, 11) is 0. The van der Waals surface area contributed by atoms with Gasteiger partial charge in [0.05, 0.1) is 29.8 Å². The van der Waals surface area contributed by atoms with Gasteiger partial charge in [-0.05, 0) is 30.2 Å². The molecule has 28 heavy (non-hydrogen) atoms. The molecule has 3 aromatic rings. The second-order valence-electron chi connectivity index (χ2n) is 6.26. The van der Waals surface area contributed by atoms with Crippen LogP contribution in [0.1, 0.15) is 25.3 Å². The van der Waals surface area contributed by atoms with Crippen molar-refractivity contribution in [3.63, 3.8) is 0 Å². The maximum absolute atomic E-state index is 13.1. The van der Waals surface area contributed by atoms with E-state index in [0.717, 1.165) is 18.4 Å². The Morgan fingerprint density at radius 1 is 1.18 bits per heavy atom. The van der Waals surface area contributed by atoms with Gasteiger partial charge < -0.3 is 4.74 Å². The normalized spacial score (nSPS) is 10.9. The number of carbonyl (C=O) groups excluding carboxylic acids is 1. The van der Waals surface area contributed by atoms with Crippen LogP contribution in [0.4, 0.5) is 0 Å². The number of nitrogens with zero attached hydrogens (tertiary/aromatic N) is 2. The quantitative estimate of drug-likeness (QED) is 0.233. The number of hydrogen-bond acceptors (Lipinski definition) is 5. The summed E-state index contributed by atoms with van der Waals surface area (Å²) in [4.78, 5) is 29.7. The van der Waals surface area contributed by atoms with E-state index < -0.39 is 0 Å². The highest BCUT2D eigenvalue weighted by Gasteiger charge is 2.15. The van der Waals surface area contributed by atoms with Gasteiger partial charge in [-0.2, -0.15) is 0 Å². The van der Waals surface area contributed by atoms with Gasteiger partial charge in [0.2, 0.25) is 0 Å². The Morgan fingerprint density at radius 2 is 1.93 bits per heavy atom. The first-order chi connectivity index (χ1) is 13.6. The summed E-state index contributed by atoms with van der Waals surface area (Å²) in [6.07, 6.45) is 1.80. The summed E-state index contributed by atoms with van der Waals surface area (Å²) in [5.74, 6) is -0.220. The SMILES string of the molecule is CCCCOC(=O)CSc1nc2ccccc2c(=O)n1Cc1ccccc1Cl. The Balaban J connectivity index is 1.92. The van der Waals surface area contributed by atoms with Gasteiger partial charge in [-0.1, -0.05) is 67.0 Å². The number of ether oxygens (including phenoxy) is 1. The summed E-state index contributed by atoms with van der Waals surface area (Å²) in [5, 5.41) is 1.58. The first-order valence-corrected chi connectivity index (χ1v) is 10.5. The molecular weight excluding hydrogens is 396 g/mol. The van der Waals surface area contributed by atoms with E-state index in [1.807, 2.05) is 37.3 Å². The fraction of sp³-hybridized carbons (Fsp3) is 0.286. The summed E-state index contributed by atoms with van der Waals surface area (Å²) < 4.78 is 6.77. The van der Waals surface area contributed by atoms with E-state index in [2.05, 4.69) is 4.98 Å². The third-order valence-corrected chi connectivity index (χ3v) is 5.51. The predicted molar refractivity (Wildman–Crippen MR) is 113 cm³/mol. The van der Waals surface area contributed by atoms with Crippen molar-refractivity contribution in [2.75, 3.05) is 12.4 Å². The average Bonchev–Trinajstić information content (AvgIpc) is 2.70. The number of unbranched alkanes of at least 4 members (excludes halogenated alkanes) is 1. The molecule has 0 saturated heterocycles. The Labute approximate surface area is 172 Å². The van der Waals surface area contributed by atoms with Crippen molar-refractivity contribution in [1.82, 2.24) is 9.55 Å². The van der Waals surface area contributed by atoms with Crippen LogP contribution in [-0.2, 0) is 16.1 Å². The highest BCUT2D eigenvalue weighted by Crippen LogP contribution is 2.21. The van der Waals surface area contributed by atoms with E-state index in [1.54, 1.807) is 22.8 Å². The first-order valence-electron chi connectivity index (χ1n) is 9.11. The second-order valence-corrected chi connectivity index (χ2v) is 7.61. The van der Waals surface area contributed by atoms with Crippen LogP contribution in [0.15, 0.2) is 58.5 Å². The van der Waals surface area contributed by atoms with Crippen LogP contribution in [0.5, 0.6) is 0 Å². The summed E-state index contributed by atoms with van der Waals surface area (Å²) in [5.41, 5.74) is 1.26. The minimum atomic E-state index is -0.315. The topological polar surface area (TPSA) is 61.2 Å². The van der Waals surface area contributed by atoms with Crippen molar-refractivity contribution >= 4 is 40.2 Å². The zero-order valence-corrected chi connectivity index (χ0v) is 17.1. The van der Waals surface area contributed by atoms with Crippen LogP contribution in [0.3, 0.4) is 0 Å². The first kappa shape index (κ1) is 20.4. The van der Waals surface area contributed by atoms with Crippen LogP contribution >= 0.6 is 23.4 Å². The highest BCUT2D eigenvalue weighted by atomic mass is 35.5. The van der Waals surface area contributed by atoms with Crippen molar-refractivity contribution in [3.05, 3.63) is 69.5 Å². The monoisotopic (exact) mass is 416 g/mol. The lowest BCUT2D eigenvalue weighted by Crippen LogP contribution is -2.24. The number of hydrogen-bond donors (Lipinski definition) is 0. The van der Waals surface area contributed by atoms with E-state index in [-0.39, 0.29) is 23.8 Å². The molecule has 2 aromatic carbocycles. The minimum absolute atomic E-state index is 0.0943. The lowest BCUT2D eigenvalue weighted by Gasteiger charge is -2.14. The number of thioether (sulfide) groups is 1. The molecule has 1 aromatic heterocycles. The standard InChI is InChI=1S/C21H21ClN2O3S/c1-2-3-12-27-19(25)14-28-21-23-18-11-7-5-9-16(18)20(26)24(21)13-15-8-4-6-10-17(15)22/h4-11H,2-3,12-14H2,1H3. The van der Waals surface area contributed by atoms with Crippen molar-refractivity contribution in [2.45, 2.75) is 31.5 Å². The number of rotatable bonds is 8. The molecule has 0 bridgehead atoms. The molecule has 0 radical (unpaired) electrons. The molecule has 0 unspecified atom stereocenters. The molecule has 5 nitrogen and oxygen atoms in total. The molecule has 146 valence electrons. The molecule has 0 N–H and O–H groups in total. The summed E-state index contributed by atoms with van der Waals surface area (Å²) >= 11 is 7.48. The van der Waals surface area contributed by atoms with Crippen molar-refractivity contribution in [2.24, 2.45) is 0 Å². The summed E-state index contributed by atoms with van der Waals surface area (Å²) in [6, 6.07) is 14.6. The van der Waals surface area contributed by atoms with Gasteiger partial charge >= 0.3 is 5.97 Å². The predicted octanol–water partition coefficient (Wildman–Crippen LogP) is 4.53. The van der Waals surface area contributed by atoms with Gasteiger partial charge in [-0.25, -0.2) is 4.98 Å². The Kier molecular flexibility index (Phi) is 7.12. The molecule has 0 aliphatic rings. The molecule has 3 rings (SSSR count). The van der Waals surface area contributed by atoms with Gasteiger partial charge in [0.25, 0.3) is 5.56 Å². The van der Waals surface area contributed by atoms with Gasteiger partial charge in [-0.3, -0.25) is 14.2 Å². The number of aromatic nitrogens is 2. The van der Waals surface area contributed by atoms with E-state index >= 15 is 0 Å². The number of fused-ring (bicyclic) bond motifs is 1. The van der Waals surface area contributed by atoms with Crippen LogP contribution in [0.25, 0.3) is 10.9 Å². The van der Waals surface area contributed by atoms with Gasteiger partial charge in [0.15, 0.2) is 5.16 Å². The molecule has 0 saturated carbocycles. The number of benzene rings is 2. The molecule has 0 aliphatic heterocycles. The molecule has 1 heterocycles. The second kappa shape index (κ2) is 9.75. The molecule has 0 fully saturated rings. The number of carbonyl (C=O) groups is 1. The molecule has 0 atom stereocenters. The fourth-order valence-electron chi connectivity index (χ4n) is 2.69. The Bertz CT molecular complexity index is 1040. The van der Waals surface area contributed by atoms with Crippen LogP contribution in [0.2, 0.25) is 5.02 Å². The highest BCUT2D eigenvalue weighted by molar-refractivity contribution is 7.99. The van der Waals surface area contributed by atoms with Gasteiger partial charge in [-0.15, -0.1) is 0 Å². The number of esters is 1. The largest absolute Gasteiger partial charge is 0.465 e. The zero-order valence-electron chi connectivity index (χ0n) is 15.6. The van der Waals surface area contributed by atoms with E-state index in [1.165, 1.54) is 11.8 Å². The van der Waals surface area contributed by atoms with Crippen molar-refractivity contribution in [1.29, 1.82) is 0 Å². The average molecular weight is 417 g/mol. The lowest BCUT2D eigenvalue weighted by atomic mass is 10.2. The lowest BCUT2D eigenvalue weighted by molar-refractivity contribution is -0.140. The summed E-state index contributed by atoms with van der Waals surface area (Å²) in [6.45, 7) is 2.73.